The number of aliphatic hydroxyl groups is 1. The molecular weight excluding hydrogens is 342 g/mol. The maximum Gasteiger partial charge on any atom is 0.158 e. The van der Waals surface area contributed by atoms with Crippen molar-refractivity contribution in [3.63, 3.8) is 0 Å². The number of nitrogens with zero attached hydrogens (tertiary/aromatic N) is 5. The van der Waals surface area contributed by atoms with Crippen LogP contribution >= 0.6 is 0 Å². The largest absolute Gasteiger partial charge is 0.384 e. The Labute approximate surface area is 159 Å². The van der Waals surface area contributed by atoms with Crippen LogP contribution < -0.4 is 10.6 Å². The van der Waals surface area contributed by atoms with E-state index in [9.17, 15) is 5.11 Å². The summed E-state index contributed by atoms with van der Waals surface area (Å²) in [7, 11) is 0. The summed E-state index contributed by atoms with van der Waals surface area (Å²) >= 11 is 0. The Hall–Kier alpha value is -2.79. The van der Waals surface area contributed by atoms with Gasteiger partial charge in [-0.1, -0.05) is 19.3 Å². The van der Waals surface area contributed by atoms with E-state index in [4.69, 9.17) is 5.26 Å². The molecule has 0 aliphatic heterocycles. The topological polar surface area (TPSA) is 120 Å². The van der Waals surface area contributed by atoms with Crippen LogP contribution in [0, 0.1) is 17.2 Å². The molecule has 0 bridgehead atoms. The van der Waals surface area contributed by atoms with Gasteiger partial charge in [0.25, 0.3) is 0 Å². The maximum atomic E-state index is 10.4. The van der Waals surface area contributed by atoms with Crippen molar-refractivity contribution in [2.75, 3.05) is 17.2 Å². The van der Waals surface area contributed by atoms with Crippen LogP contribution in [0.2, 0.25) is 0 Å². The lowest BCUT2D eigenvalue weighted by Crippen LogP contribution is -2.24. The Balaban J connectivity index is 1.77. The molecule has 2 aromatic rings. The highest BCUT2D eigenvalue weighted by Gasteiger charge is 2.24. The van der Waals surface area contributed by atoms with Gasteiger partial charge in [-0.25, -0.2) is 9.97 Å². The summed E-state index contributed by atoms with van der Waals surface area (Å²) in [6.07, 6.45) is 9.21. The van der Waals surface area contributed by atoms with Gasteiger partial charge in [0.05, 0.1) is 18.1 Å². The van der Waals surface area contributed by atoms with Crippen molar-refractivity contribution in [2.45, 2.75) is 51.6 Å². The highest BCUT2D eigenvalue weighted by atomic mass is 16.3. The van der Waals surface area contributed by atoms with E-state index < -0.39 is 5.60 Å². The number of rotatable bonds is 6. The minimum atomic E-state index is -1.10. The Morgan fingerprint density at radius 2 is 1.93 bits per heavy atom. The fraction of sp³-hybridized carbons (Fsp3) is 0.526. The van der Waals surface area contributed by atoms with Gasteiger partial charge in [0.1, 0.15) is 23.2 Å². The van der Waals surface area contributed by atoms with E-state index in [1.807, 2.05) is 12.1 Å². The Kier molecular flexibility index (Phi) is 5.81. The van der Waals surface area contributed by atoms with Crippen molar-refractivity contribution in [3.05, 3.63) is 29.8 Å². The van der Waals surface area contributed by atoms with Crippen LogP contribution in [0.15, 0.2) is 18.5 Å². The number of nitrogens with one attached hydrogen (secondary N) is 2. The predicted molar refractivity (Wildman–Crippen MR) is 102 cm³/mol. The van der Waals surface area contributed by atoms with Crippen LogP contribution in [0.3, 0.4) is 0 Å². The summed E-state index contributed by atoms with van der Waals surface area (Å²) in [5.41, 5.74) is 0.412. The molecule has 142 valence electrons. The molecule has 3 rings (SSSR count). The van der Waals surface area contributed by atoms with Gasteiger partial charge >= 0.3 is 0 Å². The summed E-state index contributed by atoms with van der Waals surface area (Å²) in [5.74, 6) is 1.60. The van der Waals surface area contributed by atoms with Gasteiger partial charge in [0.2, 0.25) is 0 Å². The molecule has 2 heterocycles. The first-order valence-electron chi connectivity index (χ1n) is 9.29. The highest BCUT2D eigenvalue weighted by Crippen LogP contribution is 2.29. The average molecular weight is 367 g/mol. The molecule has 0 saturated heterocycles. The summed E-state index contributed by atoms with van der Waals surface area (Å²) in [6, 6.07) is 3.75. The van der Waals surface area contributed by atoms with Gasteiger partial charge in [-0.05, 0) is 32.6 Å². The van der Waals surface area contributed by atoms with E-state index >= 15 is 0 Å². The summed E-state index contributed by atoms with van der Waals surface area (Å²) < 4.78 is 0. The molecule has 1 saturated carbocycles. The first-order valence-corrected chi connectivity index (χ1v) is 9.29. The lowest BCUT2D eigenvalue weighted by molar-refractivity contribution is 0.0736. The van der Waals surface area contributed by atoms with E-state index in [0.717, 1.165) is 12.2 Å². The lowest BCUT2D eigenvalue weighted by Gasteiger charge is -2.25. The standard InChI is InChI=1S/C19H25N7O/c1-19(2,27)18-15(22-10-13-6-4-3-5-7-13)8-16(25-26-18)24-17-12-21-14(9-20)11-23-17/h8,11-13,27H,3-7,10H2,1-2H3,(H2,22,23,24,25). The van der Waals surface area contributed by atoms with Crippen molar-refractivity contribution >= 4 is 17.3 Å². The minimum absolute atomic E-state index is 0.249. The van der Waals surface area contributed by atoms with E-state index in [0.29, 0.717) is 23.2 Å². The van der Waals surface area contributed by atoms with Gasteiger partial charge < -0.3 is 15.7 Å². The quantitative estimate of drug-likeness (QED) is 0.712. The molecule has 0 aromatic carbocycles. The molecule has 2 aromatic heterocycles. The molecule has 8 nitrogen and oxygen atoms in total. The van der Waals surface area contributed by atoms with Gasteiger partial charge in [-0.3, -0.25) is 0 Å². The second kappa shape index (κ2) is 8.27. The Morgan fingerprint density at radius 1 is 1.15 bits per heavy atom. The molecule has 1 aliphatic rings. The van der Waals surface area contributed by atoms with Crippen molar-refractivity contribution < 1.29 is 5.11 Å². The molecule has 0 unspecified atom stereocenters. The predicted octanol–water partition coefficient (Wildman–Crippen LogP) is 3.10. The van der Waals surface area contributed by atoms with Crippen molar-refractivity contribution in [3.8, 4) is 6.07 Å². The van der Waals surface area contributed by atoms with Crippen LogP contribution in [-0.2, 0) is 5.60 Å². The van der Waals surface area contributed by atoms with Crippen molar-refractivity contribution in [1.29, 1.82) is 5.26 Å². The zero-order chi connectivity index (χ0) is 19.3. The SMILES string of the molecule is CC(C)(O)c1nnc(Nc2cnc(C#N)cn2)cc1NCC1CCCCC1. The number of hydrogen-bond acceptors (Lipinski definition) is 8. The first-order chi connectivity index (χ1) is 13.0. The third-order valence-electron chi connectivity index (χ3n) is 4.70. The third-order valence-corrected chi connectivity index (χ3v) is 4.70. The van der Waals surface area contributed by atoms with Crippen LogP contribution in [0.5, 0.6) is 0 Å². The fourth-order valence-corrected chi connectivity index (χ4v) is 3.27. The number of hydrogen-bond donors (Lipinski definition) is 3. The molecule has 0 radical (unpaired) electrons. The molecule has 0 spiro atoms. The first kappa shape index (κ1) is 19.0. The maximum absolute atomic E-state index is 10.4. The second-order valence-electron chi connectivity index (χ2n) is 7.46. The Bertz CT molecular complexity index is 802. The van der Waals surface area contributed by atoms with Gasteiger partial charge in [0, 0.05) is 12.6 Å². The number of aromatic nitrogens is 4. The minimum Gasteiger partial charge on any atom is -0.384 e. The average Bonchev–Trinajstić information content (AvgIpc) is 2.67. The van der Waals surface area contributed by atoms with Gasteiger partial charge in [-0.2, -0.15) is 5.26 Å². The molecule has 8 heteroatoms. The normalized spacial score (nSPS) is 15.2. The molecule has 0 amide bonds. The summed E-state index contributed by atoms with van der Waals surface area (Å²) in [4.78, 5) is 8.11. The summed E-state index contributed by atoms with van der Waals surface area (Å²) in [6.45, 7) is 4.24. The molecule has 0 atom stereocenters. The van der Waals surface area contributed by atoms with Crippen LogP contribution in [0.4, 0.5) is 17.3 Å². The van der Waals surface area contributed by atoms with Gasteiger partial charge in [0.15, 0.2) is 11.5 Å². The highest BCUT2D eigenvalue weighted by molar-refractivity contribution is 5.60. The number of anilines is 3. The summed E-state index contributed by atoms with van der Waals surface area (Å²) in [5, 5.41) is 34.1. The molecule has 27 heavy (non-hydrogen) atoms. The van der Waals surface area contributed by atoms with Gasteiger partial charge in [-0.15, -0.1) is 10.2 Å². The van der Waals surface area contributed by atoms with Crippen LogP contribution in [0.25, 0.3) is 0 Å². The zero-order valence-corrected chi connectivity index (χ0v) is 15.7. The molecule has 1 fully saturated rings. The third kappa shape index (κ3) is 5.11. The molecule has 3 N–H and O–H groups in total. The van der Waals surface area contributed by atoms with E-state index in [1.165, 1.54) is 44.5 Å². The fourth-order valence-electron chi connectivity index (χ4n) is 3.27. The zero-order valence-electron chi connectivity index (χ0n) is 15.7. The van der Waals surface area contributed by atoms with Crippen LogP contribution in [-0.4, -0.2) is 31.8 Å². The second-order valence-corrected chi connectivity index (χ2v) is 7.46. The molecular formula is C19H25N7O. The lowest BCUT2D eigenvalue weighted by atomic mass is 9.89. The van der Waals surface area contributed by atoms with Crippen molar-refractivity contribution in [2.24, 2.45) is 5.92 Å². The van der Waals surface area contributed by atoms with Crippen LogP contribution in [0.1, 0.15) is 57.3 Å². The number of nitriles is 1. The molecule has 1 aliphatic carbocycles. The monoisotopic (exact) mass is 367 g/mol. The van der Waals surface area contributed by atoms with E-state index in [-0.39, 0.29) is 5.69 Å². The van der Waals surface area contributed by atoms with E-state index in [2.05, 4.69) is 30.8 Å². The van der Waals surface area contributed by atoms with E-state index in [1.54, 1.807) is 13.8 Å². The van der Waals surface area contributed by atoms with Crippen molar-refractivity contribution in [1.82, 2.24) is 20.2 Å². The Morgan fingerprint density at radius 3 is 2.56 bits per heavy atom. The smallest absolute Gasteiger partial charge is 0.158 e.